The Kier molecular flexibility index (Phi) is 18.1. The second-order valence-electron chi connectivity index (χ2n) is 10.5. The molecule has 2 heterocycles. The van der Waals surface area contributed by atoms with Crippen molar-refractivity contribution < 1.29 is 67.0 Å². The van der Waals surface area contributed by atoms with Gasteiger partial charge in [0.15, 0.2) is 0 Å². The largest absolute Gasteiger partial charge is 0.480 e. The summed E-state index contributed by atoms with van der Waals surface area (Å²) in [6, 6.07) is 3.86. The van der Waals surface area contributed by atoms with Crippen LogP contribution in [0.3, 0.4) is 0 Å². The summed E-state index contributed by atoms with van der Waals surface area (Å²) in [5.74, 6) is -3.76. The van der Waals surface area contributed by atoms with E-state index in [1.54, 1.807) is 12.1 Å². The third kappa shape index (κ3) is 14.1. The summed E-state index contributed by atoms with van der Waals surface area (Å²) in [6.45, 7) is 4.27. The smallest absolute Gasteiger partial charge is 0.329 e. The number of carboxylic acid groups (broad SMARTS) is 1. The van der Waals surface area contributed by atoms with Gasteiger partial charge in [0.05, 0.1) is 90.4 Å². The number of carbonyl (C=O) groups is 6. The van der Waals surface area contributed by atoms with Crippen LogP contribution in [0.4, 0.5) is 5.69 Å². The number of fused-ring (bicyclic) bond motifs is 1. The summed E-state index contributed by atoms with van der Waals surface area (Å²) in [7, 11) is 0. The number of carbonyl (C=O) groups excluding carboxylic acids is 5. The van der Waals surface area contributed by atoms with Gasteiger partial charge in [-0.2, -0.15) is 0 Å². The highest BCUT2D eigenvalue weighted by Gasteiger charge is 2.45. The molecule has 0 saturated carbocycles. The molecule has 1 fully saturated rings. The van der Waals surface area contributed by atoms with Gasteiger partial charge in [-0.1, -0.05) is 6.07 Å². The Bertz CT molecular complexity index is 1260. The zero-order valence-corrected chi connectivity index (χ0v) is 27.2. The molecule has 2 aliphatic heterocycles. The zero-order valence-electron chi connectivity index (χ0n) is 27.2. The number of piperidine rings is 1. The average molecular weight is 697 g/mol. The third-order valence-corrected chi connectivity index (χ3v) is 6.92. The van der Waals surface area contributed by atoms with E-state index in [-0.39, 0.29) is 37.1 Å². The van der Waals surface area contributed by atoms with E-state index in [1.165, 1.54) is 6.07 Å². The van der Waals surface area contributed by atoms with Crippen LogP contribution in [-0.2, 0) is 52.3 Å². The molecule has 49 heavy (non-hydrogen) atoms. The van der Waals surface area contributed by atoms with E-state index in [4.69, 9.17) is 33.5 Å². The van der Waals surface area contributed by atoms with Gasteiger partial charge in [0.2, 0.25) is 17.7 Å². The van der Waals surface area contributed by atoms with E-state index < -0.39 is 48.2 Å². The number of rotatable bonds is 27. The molecule has 3 rings (SSSR count). The van der Waals surface area contributed by atoms with E-state index in [2.05, 4.69) is 20.7 Å². The van der Waals surface area contributed by atoms with Crippen LogP contribution in [0, 0.1) is 0 Å². The van der Waals surface area contributed by atoms with Gasteiger partial charge in [-0.15, -0.1) is 0 Å². The quantitative estimate of drug-likeness (QED) is 0.0627. The van der Waals surface area contributed by atoms with Crippen molar-refractivity contribution >= 4 is 41.2 Å². The van der Waals surface area contributed by atoms with Gasteiger partial charge in [-0.05, 0) is 18.6 Å². The molecular weight excluding hydrogens is 652 g/mol. The minimum absolute atomic E-state index is 0.0572. The van der Waals surface area contributed by atoms with Crippen molar-refractivity contribution in [1.82, 2.24) is 15.5 Å². The minimum Gasteiger partial charge on any atom is -0.480 e. The number of hydrogen-bond donors (Lipinski definition) is 4. The number of aliphatic carboxylic acids is 1. The van der Waals surface area contributed by atoms with Gasteiger partial charge in [0, 0.05) is 25.2 Å². The maximum absolute atomic E-state index is 13.1. The Labute approximate surface area is 283 Å². The van der Waals surface area contributed by atoms with Crippen molar-refractivity contribution in [1.29, 1.82) is 0 Å². The highest BCUT2D eigenvalue weighted by molar-refractivity contribution is 6.25. The first kappa shape index (κ1) is 39.4. The second kappa shape index (κ2) is 22.6. The Hall–Kier alpha value is -4.04. The first-order valence-corrected chi connectivity index (χ1v) is 15.9. The van der Waals surface area contributed by atoms with Crippen LogP contribution in [0.25, 0.3) is 0 Å². The molecule has 0 spiro atoms. The highest BCUT2D eigenvalue weighted by Crippen LogP contribution is 2.32. The number of ether oxygens (including phenoxy) is 7. The minimum atomic E-state index is -1.14. The molecule has 0 radical (unpaired) electrons. The fraction of sp³-hybridized carbons (Fsp3) is 0.613. The molecule has 0 aromatic heterocycles. The van der Waals surface area contributed by atoms with E-state index in [0.717, 1.165) is 4.90 Å². The van der Waals surface area contributed by atoms with Crippen LogP contribution in [0.5, 0.6) is 0 Å². The van der Waals surface area contributed by atoms with Crippen molar-refractivity contribution in [3.05, 3.63) is 29.3 Å². The molecule has 5 amide bonds. The predicted octanol–water partition coefficient (Wildman–Crippen LogP) is -1.18. The normalized spacial score (nSPS) is 15.8. The van der Waals surface area contributed by atoms with Crippen LogP contribution < -0.4 is 16.0 Å². The Morgan fingerprint density at radius 2 is 1.29 bits per heavy atom. The van der Waals surface area contributed by atoms with Gasteiger partial charge in [-0.3, -0.25) is 34.2 Å². The average Bonchev–Trinajstić information content (AvgIpc) is 3.32. The van der Waals surface area contributed by atoms with Gasteiger partial charge in [-0.25, -0.2) is 4.79 Å². The lowest BCUT2D eigenvalue weighted by atomic mass is 10.0. The molecule has 2 aliphatic rings. The fourth-order valence-corrected chi connectivity index (χ4v) is 4.67. The van der Waals surface area contributed by atoms with Crippen molar-refractivity contribution in [2.45, 2.75) is 18.9 Å². The summed E-state index contributed by atoms with van der Waals surface area (Å²) >= 11 is 0. The third-order valence-electron chi connectivity index (χ3n) is 6.92. The van der Waals surface area contributed by atoms with Gasteiger partial charge < -0.3 is 48.9 Å². The fourth-order valence-electron chi connectivity index (χ4n) is 4.67. The molecule has 0 aliphatic carbocycles. The molecule has 1 aromatic rings. The SMILES string of the molecule is O=C(O)COCC(=O)NCCOCCOCCOCCOCCOCCOCCNc1cccc2c1C(=O)N(C1CCC(=O)NC1=O)C2=O. The Morgan fingerprint density at radius 3 is 1.84 bits per heavy atom. The number of carboxylic acids is 1. The number of benzene rings is 1. The lowest BCUT2D eigenvalue weighted by Crippen LogP contribution is -2.54. The molecule has 4 N–H and O–H groups in total. The van der Waals surface area contributed by atoms with Crippen LogP contribution in [0.15, 0.2) is 18.2 Å². The summed E-state index contributed by atoms with van der Waals surface area (Å²) in [4.78, 5) is 72.4. The first-order valence-electron chi connectivity index (χ1n) is 15.9. The number of hydrogen-bond acceptors (Lipinski definition) is 14. The molecule has 18 heteroatoms. The second-order valence-corrected chi connectivity index (χ2v) is 10.5. The summed E-state index contributed by atoms with van der Waals surface area (Å²) in [5.41, 5.74) is 0.869. The lowest BCUT2D eigenvalue weighted by molar-refractivity contribution is -0.143. The highest BCUT2D eigenvalue weighted by atomic mass is 16.6. The summed E-state index contributed by atoms with van der Waals surface area (Å²) in [5, 5.41) is 16.3. The van der Waals surface area contributed by atoms with Crippen molar-refractivity contribution in [2.24, 2.45) is 0 Å². The van der Waals surface area contributed by atoms with E-state index >= 15 is 0 Å². The molecule has 1 unspecified atom stereocenters. The van der Waals surface area contributed by atoms with E-state index in [1.807, 2.05) is 0 Å². The van der Waals surface area contributed by atoms with Crippen LogP contribution >= 0.6 is 0 Å². The molecule has 272 valence electrons. The van der Waals surface area contributed by atoms with Crippen molar-refractivity contribution in [3.8, 4) is 0 Å². The zero-order chi connectivity index (χ0) is 35.3. The molecular formula is C31H44N4O14. The van der Waals surface area contributed by atoms with E-state index in [9.17, 15) is 28.8 Å². The standard InChI is InChI=1S/C31H44N4O14/c36-25-5-4-24(29(40)34-25)35-30(41)22-2-1-3-23(28(22)31(35)42)32-6-8-43-10-12-45-14-16-47-18-19-48-17-15-46-13-11-44-9-7-33-26(37)20-49-21-27(38)39/h1-3,24,32H,4-21H2,(H,33,37)(H,38,39)(H,34,36,40). The number of imide groups is 2. The van der Waals surface area contributed by atoms with Crippen molar-refractivity contribution in [3.63, 3.8) is 0 Å². The Balaban J connectivity index is 1.09. The first-order chi connectivity index (χ1) is 23.8. The number of nitrogens with one attached hydrogen (secondary N) is 3. The summed E-state index contributed by atoms with van der Waals surface area (Å²) < 4.78 is 37.3. The monoisotopic (exact) mass is 696 g/mol. The van der Waals surface area contributed by atoms with Crippen LogP contribution in [-0.4, -0.2) is 157 Å². The lowest BCUT2D eigenvalue weighted by Gasteiger charge is -2.27. The number of amides is 5. The van der Waals surface area contributed by atoms with Crippen molar-refractivity contribution in [2.75, 3.05) is 111 Å². The van der Waals surface area contributed by atoms with Gasteiger partial charge in [0.1, 0.15) is 19.3 Å². The molecule has 1 saturated heterocycles. The van der Waals surface area contributed by atoms with Crippen LogP contribution in [0.1, 0.15) is 33.6 Å². The molecule has 1 atom stereocenters. The maximum atomic E-state index is 13.1. The number of anilines is 1. The van der Waals surface area contributed by atoms with Gasteiger partial charge >= 0.3 is 5.97 Å². The predicted molar refractivity (Wildman–Crippen MR) is 168 cm³/mol. The number of nitrogens with zero attached hydrogens (tertiary/aromatic N) is 1. The maximum Gasteiger partial charge on any atom is 0.329 e. The van der Waals surface area contributed by atoms with E-state index in [0.29, 0.717) is 91.5 Å². The molecule has 18 nitrogen and oxygen atoms in total. The summed E-state index contributed by atoms with van der Waals surface area (Å²) in [6.07, 6.45) is 0.152. The Morgan fingerprint density at radius 1 is 0.735 bits per heavy atom. The molecule has 1 aromatic carbocycles. The van der Waals surface area contributed by atoms with Gasteiger partial charge in [0.25, 0.3) is 11.8 Å². The van der Waals surface area contributed by atoms with Crippen LogP contribution in [0.2, 0.25) is 0 Å². The topological polar surface area (TPSA) is 227 Å². The molecule has 0 bridgehead atoms.